The van der Waals surface area contributed by atoms with Gasteiger partial charge in [-0.05, 0) is 44.7 Å². The second kappa shape index (κ2) is 10.1. The summed E-state index contributed by atoms with van der Waals surface area (Å²) in [4.78, 5) is 24.8. The summed E-state index contributed by atoms with van der Waals surface area (Å²) in [5.74, 6) is 1.77. The van der Waals surface area contributed by atoms with E-state index in [2.05, 4.69) is 58.4 Å². The zero-order valence-corrected chi connectivity index (χ0v) is 17.3. The van der Waals surface area contributed by atoms with E-state index < -0.39 is 0 Å². The lowest BCUT2D eigenvalue weighted by atomic mass is 10.1. The maximum absolute atomic E-state index is 11.9. The van der Waals surface area contributed by atoms with Crippen LogP contribution in [0.25, 0.3) is 0 Å². The predicted octanol–water partition coefficient (Wildman–Crippen LogP) is 1.78. The van der Waals surface area contributed by atoms with Crippen molar-refractivity contribution in [2.75, 3.05) is 38.6 Å². The summed E-state index contributed by atoms with van der Waals surface area (Å²) in [5.41, 5.74) is 1.18. The number of nitrogens with one attached hydrogen (secondary N) is 2. The number of anilines is 1. The van der Waals surface area contributed by atoms with Gasteiger partial charge in [-0.3, -0.25) is 4.79 Å². The highest BCUT2D eigenvalue weighted by Gasteiger charge is 2.21. The molecule has 2 rings (SSSR count). The van der Waals surface area contributed by atoms with Crippen LogP contribution in [0, 0.1) is 6.92 Å². The minimum atomic E-state index is 0.000478. The van der Waals surface area contributed by atoms with Gasteiger partial charge in [-0.25, -0.2) is 9.98 Å². The third-order valence-corrected chi connectivity index (χ3v) is 4.92. The first-order valence-corrected chi connectivity index (χ1v) is 9.84. The average molecular weight is 375 g/mol. The summed E-state index contributed by atoms with van der Waals surface area (Å²) in [6.07, 6.45) is 4.94. The standard InChI is InChI=1S/C20H34N6O/c1-6-16(3)23-20(22-14-19(27)25(4)5)24-17-9-11-26(12-10-17)18-8-7-15(2)13-21-18/h7-8,13,16-17H,6,9-12,14H2,1-5H3,(H2,22,23,24). The van der Waals surface area contributed by atoms with Crippen molar-refractivity contribution in [2.24, 2.45) is 4.99 Å². The lowest BCUT2D eigenvalue weighted by Gasteiger charge is -2.34. The molecule has 0 aromatic carbocycles. The molecule has 2 N–H and O–H groups in total. The number of guanidine groups is 1. The lowest BCUT2D eigenvalue weighted by molar-refractivity contribution is -0.127. The number of aromatic nitrogens is 1. The van der Waals surface area contributed by atoms with Crippen molar-refractivity contribution in [3.8, 4) is 0 Å². The quantitative estimate of drug-likeness (QED) is 0.587. The van der Waals surface area contributed by atoms with E-state index in [9.17, 15) is 4.79 Å². The van der Waals surface area contributed by atoms with Gasteiger partial charge in [0.2, 0.25) is 5.91 Å². The van der Waals surface area contributed by atoms with Gasteiger partial charge in [-0.15, -0.1) is 0 Å². The first-order chi connectivity index (χ1) is 12.9. The van der Waals surface area contributed by atoms with Crippen LogP contribution < -0.4 is 15.5 Å². The SMILES string of the molecule is CCC(C)NC(=NCC(=O)N(C)C)NC1CCN(c2ccc(C)cn2)CC1. The van der Waals surface area contributed by atoms with Crippen LogP contribution in [0.15, 0.2) is 23.3 Å². The largest absolute Gasteiger partial charge is 0.356 e. The molecule has 7 nitrogen and oxygen atoms in total. The van der Waals surface area contributed by atoms with E-state index in [1.54, 1.807) is 19.0 Å². The van der Waals surface area contributed by atoms with Crippen molar-refractivity contribution in [2.45, 2.75) is 52.1 Å². The number of hydrogen-bond acceptors (Lipinski definition) is 4. The Hall–Kier alpha value is -2.31. The van der Waals surface area contributed by atoms with Gasteiger partial charge < -0.3 is 20.4 Å². The Bertz CT molecular complexity index is 620. The molecule has 1 unspecified atom stereocenters. The summed E-state index contributed by atoms with van der Waals surface area (Å²) >= 11 is 0. The van der Waals surface area contributed by atoms with E-state index in [1.165, 1.54) is 5.56 Å². The number of aliphatic imine (C=N–C) groups is 1. The smallest absolute Gasteiger partial charge is 0.243 e. The second-order valence-electron chi connectivity index (χ2n) is 7.51. The molecule has 1 aromatic rings. The summed E-state index contributed by atoms with van der Waals surface area (Å²) in [6, 6.07) is 4.85. The van der Waals surface area contributed by atoms with Gasteiger partial charge in [-0.2, -0.15) is 0 Å². The number of carbonyl (C=O) groups is 1. The molecule has 150 valence electrons. The molecule has 1 amide bonds. The number of likely N-dealkylation sites (N-methyl/N-ethyl adjacent to an activating group) is 1. The zero-order chi connectivity index (χ0) is 19.8. The molecule has 0 radical (unpaired) electrons. The Morgan fingerprint density at radius 2 is 2.07 bits per heavy atom. The van der Waals surface area contributed by atoms with Crippen LogP contribution in [0.3, 0.4) is 0 Å². The maximum Gasteiger partial charge on any atom is 0.243 e. The van der Waals surface area contributed by atoms with Crippen molar-refractivity contribution < 1.29 is 4.79 Å². The molecule has 0 spiro atoms. The van der Waals surface area contributed by atoms with Gasteiger partial charge in [-0.1, -0.05) is 13.0 Å². The number of nitrogens with zero attached hydrogens (tertiary/aromatic N) is 4. The van der Waals surface area contributed by atoms with E-state index in [-0.39, 0.29) is 12.5 Å². The molecule has 2 heterocycles. The molecule has 27 heavy (non-hydrogen) atoms. The third kappa shape index (κ3) is 6.73. The first-order valence-electron chi connectivity index (χ1n) is 9.84. The molecule has 1 atom stereocenters. The minimum absolute atomic E-state index is 0.000478. The molecule has 0 aliphatic carbocycles. The molecule has 1 saturated heterocycles. The van der Waals surface area contributed by atoms with Crippen LogP contribution in [-0.4, -0.2) is 67.6 Å². The summed E-state index contributed by atoms with van der Waals surface area (Å²) in [7, 11) is 3.50. The Morgan fingerprint density at radius 1 is 1.37 bits per heavy atom. The van der Waals surface area contributed by atoms with Crippen LogP contribution in [-0.2, 0) is 4.79 Å². The Labute approximate surface area is 163 Å². The fraction of sp³-hybridized carbons (Fsp3) is 0.650. The third-order valence-electron chi connectivity index (χ3n) is 4.92. The highest BCUT2D eigenvalue weighted by atomic mass is 16.2. The van der Waals surface area contributed by atoms with Crippen LogP contribution in [0.4, 0.5) is 5.82 Å². The molecule has 1 aromatic heterocycles. The molecule has 0 bridgehead atoms. The van der Waals surface area contributed by atoms with Gasteiger partial charge in [0.1, 0.15) is 12.4 Å². The number of amides is 1. The summed E-state index contributed by atoms with van der Waals surface area (Å²) in [6.45, 7) is 8.38. The van der Waals surface area contributed by atoms with Gasteiger partial charge in [0.05, 0.1) is 0 Å². The average Bonchev–Trinajstić information content (AvgIpc) is 2.66. The fourth-order valence-electron chi connectivity index (χ4n) is 2.85. The van der Waals surface area contributed by atoms with Crippen LogP contribution >= 0.6 is 0 Å². The monoisotopic (exact) mass is 374 g/mol. The molecule has 1 aliphatic heterocycles. The maximum atomic E-state index is 11.9. The van der Waals surface area contributed by atoms with E-state index in [0.717, 1.165) is 44.1 Å². The molecular formula is C20H34N6O. The van der Waals surface area contributed by atoms with Crippen molar-refractivity contribution in [3.63, 3.8) is 0 Å². The lowest BCUT2D eigenvalue weighted by Crippen LogP contribution is -2.50. The molecule has 1 fully saturated rings. The molecular weight excluding hydrogens is 340 g/mol. The highest BCUT2D eigenvalue weighted by Crippen LogP contribution is 2.18. The summed E-state index contributed by atoms with van der Waals surface area (Å²) < 4.78 is 0. The Balaban J connectivity index is 1.92. The first kappa shape index (κ1) is 21.0. The second-order valence-corrected chi connectivity index (χ2v) is 7.51. The Morgan fingerprint density at radius 3 is 2.63 bits per heavy atom. The van der Waals surface area contributed by atoms with Crippen molar-refractivity contribution in [3.05, 3.63) is 23.9 Å². The number of aryl methyl sites for hydroxylation is 1. The van der Waals surface area contributed by atoms with E-state index in [1.807, 2.05) is 6.20 Å². The van der Waals surface area contributed by atoms with Crippen molar-refractivity contribution in [1.29, 1.82) is 0 Å². The van der Waals surface area contributed by atoms with E-state index in [4.69, 9.17) is 0 Å². The van der Waals surface area contributed by atoms with E-state index >= 15 is 0 Å². The molecule has 7 heteroatoms. The molecule has 0 saturated carbocycles. The van der Waals surface area contributed by atoms with Crippen molar-refractivity contribution in [1.82, 2.24) is 20.5 Å². The normalized spacial score (nSPS) is 16.8. The van der Waals surface area contributed by atoms with Gasteiger partial charge in [0.15, 0.2) is 5.96 Å². The Kier molecular flexibility index (Phi) is 7.88. The van der Waals surface area contributed by atoms with Crippen LogP contribution in [0.5, 0.6) is 0 Å². The van der Waals surface area contributed by atoms with Gasteiger partial charge >= 0.3 is 0 Å². The number of carbonyl (C=O) groups excluding carboxylic acids is 1. The fourth-order valence-corrected chi connectivity index (χ4v) is 2.85. The van der Waals surface area contributed by atoms with Gasteiger partial charge in [0, 0.05) is 45.5 Å². The topological polar surface area (TPSA) is 72.9 Å². The number of hydrogen-bond donors (Lipinski definition) is 2. The minimum Gasteiger partial charge on any atom is -0.356 e. The van der Waals surface area contributed by atoms with E-state index in [0.29, 0.717) is 12.1 Å². The number of pyridine rings is 1. The number of piperidine rings is 1. The molecule has 1 aliphatic rings. The highest BCUT2D eigenvalue weighted by molar-refractivity contribution is 5.85. The van der Waals surface area contributed by atoms with Crippen LogP contribution in [0.2, 0.25) is 0 Å². The number of rotatable bonds is 6. The zero-order valence-electron chi connectivity index (χ0n) is 17.3. The predicted molar refractivity (Wildman–Crippen MR) is 111 cm³/mol. The van der Waals surface area contributed by atoms with Crippen LogP contribution in [0.1, 0.15) is 38.7 Å². The van der Waals surface area contributed by atoms with Crippen molar-refractivity contribution >= 4 is 17.7 Å². The summed E-state index contributed by atoms with van der Waals surface area (Å²) in [5, 5.41) is 6.92. The van der Waals surface area contributed by atoms with Gasteiger partial charge in [0.25, 0.3) is 0 Å².